The Labute approximate surface area is 90.4 Å². The summed E-state index contributed by atoms with van der Waals surface area (Å²) in [6.07, 6.45) is 1.14. The van der Waals surface area contributed by atoms with Gasteiger partial charge in [-0.1, -0.05) is 0 Å². The van der Waals surface area contributed by atoms with Crippen molar-refractivity contribution in [3.05, 3.63) is 0 Å². The molecule has 1 N–H and O–H groups in total. The van der Waals surface area contributed by atoms with E-state index < -0.39 is 17.9 Å². The van der Waals surface area contributed by atoms with Gasteiger partial charge in [0.2, 0.25) is 0 Å². The predicted molar refractivity (Wildman–Crippen MR) is 56.5 cm³/mol. The van der Waals surface area contributed by atoms with Crippen LogP contribution in [0, 0.1) is 5.92 Å². The quantitative estimate of drug-likeness (QED) is 0.789. The van der Waals surface area contributed by atoms with E-state index in [1.807, 2.05) is 20.8 Å². The molecule has 88 valence electrons. The molecule has 0 heterocycles. The molecule has 0 spiro atoms. The number of hydrogen-bond donors (Lipinski definition) is 1. The van der Waals surface area contributed by atoms with E-state index in [1.165, 1.54) is 0 Å². The van der Waals surface area contributed by atoms with Crippen molar-refractivity contribution in [1.82, 2.24) is 5.32 Å². The highest BCUT2D eigenvalue weighted by Gasteiger charge is 2.28. The lowest BCUT2D eigenvalue weighted by Gasteiger charge is -2.29. The fourth-order valence-corrected chi connectivity index (χ4v) is 1.58. The molecule has 1 fully saturated rings. The van der Waals surface area contributed by atoms with E-state index >= 15 is 0 Å². The molecule has 0 bridgehead atoms. The Hall–Kier alpha value is -0.800. The summed E-state index contributed by atoms with van der Waals surface area (Å²) in [7, 11) is 0. The lowest BCUT2D eigenvalue weighted by Crippen LogP contribution is -2.35. The van der Waals surface area contributed by atoms with Crippen LogP contribution in [0.4, 0.5) is 9.18 Å². The number of hydrogen-bond acceptors (Lipinski definition) is 2. The van der Waals surface area contributed by atoms with Crippen LogP contribution in [0.15, 0.2) is 0 Å². The van der Waals surface area contributed by atoms with Gasteiger partial charge in [0, 0.05) is 6.54 Å². The molecule has 0 aromatic heterocycles. The first-order valence-corrected chi connectivity index (χ1v) is 5.48. The summed E-state index contributed by atoms with van der Waals surface area (Å²) < 4.78 is 17.5. The van der Waals surface area contributed by atoms with E-state index in [4.69, 9.17) is 4.74 Å². The summed E-state index contributed by atoms with van der Waals surface area (Å²) in [5, 5.41) is 2.67. The van der Waals surface area contributed by atoms with Gasteiger partial charge in [0.15, 0.2) is 0 Å². The minimum absolute atomic E-state index is 0.390. The summed E-state index contributed by atoms with van der Waals surface area (Å²) in [4.78, 5) is 11.2. The number of carbonyl (C=O) groups excluding carboxylic acids is 1. The monoisotopic (exact) mass is 217 g/mol. The maximum Gasteiger partial charge on any atom is 0.407 e. The van der Waals surface area contributed by atoms with Crippen molar-refractivity contribution < 1.29 is 13.9 Å². The van der Waals surface area contributed by atoms with Gasteiger partial charge in [0.05, 0.1) is 0 Å². The summed E-state index contributed by atoms with van der Waals surface area (Å²) in [5.74, 6) is 0.440. The molecule has 0 aromatic carbocycles. The van der Waals surface area contributed by atoms with E-state index in [0.717, 1.165) is 6.42 Å². The smallest absolute Gasteiger partial charge is 0.407 e. The number of amides is 1. The van der Waals surface area contributed by atoms with Crippen LogP contribution in [0.1, 0.15) is 40.0 Å². The third-order valence-electron chi connectivity index (χ3n) is 2.40. The molecule has 0 aromatic rings. The molecule has 0 aliphatic heterocycles. The van der Waals surface area contributed by atoms with Gasteiger partial charge in [-0.15, -0.1) is 0 Å². The number of halogens is 1. The second-order valence-electron chi connectivity index (χ2n) is 5.15. The maximum atomic E-state index is 12.5. The SMILES string of the molecule is CC(C)(C)OC(=O)NCCC1CC(F)C1. The summed E-state index contributed by atoms with van der Waals surface area (Å²) in [6, 6.07) is 0. The third-order valence-corrected chi connectivity index (χ3v) is 2.40. The van der Waals surface area contributed by atoms with E-state index in [9.17, 15) is 9.18 Å². The van der Waals surface area contributed by atoms with Crippen LogP contribution in [0.2, 0.25) is 0 Å². The molecule has 15 heavy (non-hydrogen) atoms. The van der Waals surface area contributed by atoms with Crippen molar-refractivity contribution in [2.24, 2.45) is 5.92 Å². The van der Waals surface area contributed by atoms with Crippen LogP contribution < -0.4 is 5.32 Å². The fraction of sp³-hybridized carbons (Fsp3) is 0.909. The van der Waals surface area contributed by atoms with E-state index in [0.29, 0.717) is 25.3 Å². The van der Waals surface area contributed by atoms with Crippen molar-refractivity contribution in [1.29, 1.82) is 0 Å². The first kappa shape index (κ1) is 12.3. The Morgan fingerprint density at radius 3 is 2.53 bits per heavy atom. The van der Waals surface area contributed by atoms with Crippen molar-refractivity contribution in [2.75, 3.05) is 6.54 Å². The van der Waals surface area contributed by atoms with Crippen LogP contribution in [0.3, 0.4) is 0 Å². The molecule has 0 unspecified atom stereocenters. The maximum absolute atomic E-state index is 12.5. The average Bonchev–Trinajstić information content (AvgIpc) is 1.97. The molecule has 1 saturated carbocycles. The molecule has 1 aliphatic carbocycles. The zero-order chi connectivity index (χ0) is 11.5. The van der Waals surface area contributed by atoms with Crippen LogP contribution >= 0.6 is 0 Å². The van der Waals surface area contributed by atoms with Crippen LogP contribution in [-0.2, 0) is 4.74 Å². The lowest BCUT2D eigenvalue weighted by atomic mass is 9.81. The number of rotatable bonds is 3. The Balaban J connectivity index is 2.02. The van der Waals surface area contributed by atoms with Gasteiger partial charge >= 0.3 is 6.09 Å². The van der Waals surface area contributed by atoms with Crippen molar-refractivity contribution in [3.63, 3.8) is 0 Å². The molecule has 1 amide bonds. The summed E-state index contributed by atoms with van der Waals surface area (Å²) >= 11 is 0. The zero-order valence-corrected chi connectivity index (χ0v) is 9.68. The molecular weight excluding hydrogens is 197 g/mol. The van der Waals surface area contributed by atoms with Gasteiger partial charge in [0.25, 0.3) is 0 Å². The second kappa shape index (κ2) is 4.81. The number of ether oxygens (including phenoxy) is 1. The Kier molecular flexibility index (Phi) is 3.94. The first-order valence-electron chi connectivity index (χ1n) is 5.48. The van der Waals surface area contributed by atoms with E-state index in [-0.39, 0.29) is 0 Å². The van der Waals surface area contributed by atoms with Gasteiger partial charge in [-0.05, 0) is 46.0 Å². The van der Waals surface area contributed by atoms with Crippen LogP contribution in [0.5, 0.6) is 0 Å². The van der Waals surface area contributed by atoms with E-state index in [1.54, 1.807) is 0 Å². The highest BCUT2D eigenvalue weighted by Crippen LogP contribution is 2.32. The predicted octanol–water partition coefficient (Wildman–Crippen LogP) is 2.65. The molecule has 0 radical (unpaired) electrons. The number of nitrogens with one attached hydrogen (secondary N) is 1. The minimum atomic E-state index is -0.614. The normalized spacial score (nSPS) is 25.6. The molecule has 1 aliphatic rings. The number of carbonyl (C=O) groups is 1. The third kappa shape index (κ3) is 5.00. The zero-order valence-electron chi connectivity index (χ0n) is 9.68. The van der Waals surface area contributed by atoms with Gasteiger partial charge in [0.1, 0.15) is 11.8 Å². The van der Waals surface area contributed by atoms with Crippen molar-refractivity contribution >= 4 is 6.09 Å². The molecule has 0 saturated heterocycles. The topological polar surface area (TPSA) is 38.3 Å². The summed E-state index contributed by atoms with van der Waals surface area (Å²) in [6.45, 7) is 6.05. The molecule has 1 rings (SSSR count). The number of alkyl carbamates (subject to hydrolysis) is 1. The highest BCUT2D eigenvalue weighted by molar-refractivity contribution is 5.67. The van der Waals surface area contributed by atoms with Crippen LogP contribution in [0.25, 0.3) is 0 Å². The van der Waals surface area contributed by atoms with Gasteiger partial charge in [-0.3, -0.25) is 0 Å². The molecular formula is C11H20FNO2. The number of alkyl halides is 1. The standard InChI is InChI=1S/C11H20FNO2/c1-11(2,3)15-10(14)13-5-4-8-6-9(12)7-8/h8-9H,4-7H2,1-3H3,(H,13,14). The van der Waals surface area contributed by atoms with Gasteiger partial charge in [-0.2, -0.15) is 0 Å². The Morgan fingerprint density at radius 1 is 1.47 bits per heavy atom. The average molecular weight is 217 g/mol. The van der Waals surface area contributed by atoms with Crippen molar-refractivity contribution in [2.45, 2.75) is 51.8 Å². The summed E-state index contributed by atoms with van der Waals surface area (Å²) in [5.41, 5.74) is -0.454. The minimum Gasteiger partial charge on any atom is -0.444 e. The largest absolute Gasteiger partial charge is 0.444 e. The van der Waals surface area contributed by atoms with E-state index in [2.05, 4.69) is 5.32 Å². The Morgan fingerprint density at radius 2 is 2.07 bits per heavy atom. The second-order valence-corrected chi connectivity index (χ2v) is 5.15. The molecule has 3 nitrogen and oxygen atoms in total. The Bertz CT molecular complexity index is 219. The molecule has 0 atom stereocenters. The lowest BCUT2D eigenvalue weighted by molar-refractivity contribution is 0.0516. The first-order chi connectivity index (χ1) is 6.87. The highest BCUT2D eigenvalue weighted by atomic mass is 19.1. The van der Waals surface area contributed by atoms with Crippen molar-refractivity contribution in [3.8, 4) is 0 Å². The van der Waals surface area contributed by atoms with Gasteiger partial charge < -0.3 is 10.1 Å². The molecule has 4 heteroatoms. The van der Waals surface area contributed by atoms with Crippen LogP contribution in [-0.4, -0.2) is 24.4 Å². The fourth-order valence-electron chi connectivity index (χ4n) is 1.58. The van der Waals surface area contributed by atoms with Gasteiger partial charge in [-0.25, -0.2) is 9.18 Å².